The predicted molar refractivity (Wildman–Crippen MR) is 89.8 cm³/mol. The minimum absolute atomic E-state index is 1.20. The maximum absolute atomic E-state index is 3.37. The third kappa shape index (κ3) is 3.86. The van der Waals surface area contributed by atoms with Crippen LogP contribution in [0.4, 0.5) is 0 Å². The van der Waals surface area contributed by atoms with Crippen molar-refractivity contribution in [2.75, 3.05) is 39.8 Å². The Bertz CT molecular complexity index is 552. The number of nitrogens with one attached hydrogen (secondary N) is 1. The van der Waals surface area contributed by atoms with Crippen LogP contribution in [0.2, 0.25) is 0 Å². The van der Waals surface area contributed by atoms with Crippen LogP contribution in [0.3, 0.4) is 0 Å². The summed E-state index contributed by atoms with van der Waals surface area (Å²) >= 11 is 0. The highest BCUT2D eigenvalue weighted by Gasteiger charge is 2.12. The molecule has 1 aliphatic rings. The molecular weight excluding hydrogens is 258 g/mol. The lowest BCUT2D eigenvalue weighted by atomic mass is 10.1. The standard InChI is InChI=1S/C18H27N3/c1-20-11-13-21(14-12-20)10-6-2-3-7-16-15-19-18-9-5-4-8-17(16)18/h4-5,8-9,15,19H,2-3,6-7,10-14H2,1H3. The van der Waals surface area contributed by atoms with Gasteiger partial charge in [-0.25, -0.2) is 0 Å². The summed E-state index contributed by atoms with van der Waals surface area (Å²) in [5, 5.41) is 1.40. The van der Waals surface area contributed by atoms with Crippen LogP contribution in [0.15, 0.2) is 30.5 Å². The van der Waals surface area contributed by atoms with E-state index >= 15 is 0 Å². The number of hydrogen-bond donors (Lipinski definition) is 1. The molecule has 2 aromatic rings. The second kappa shape index (κ2) is 7.10. The highest BCUT2D eigenvalue weighted by atomic mass is 15.2. The highest BCUT2D eigenvalue weighted by Crippen LogP contribution is 2.19. The first-order valence-corrected chi connectivity index (χ1v) is 8.29. The number of fused-ring (bicyclic) bond motifs is 1. The number of benzene rings is 1. The minimum atomic E-state index is 1.20. The highest BCUT2D eigenvalue weighted by molar-refractivity contribution is 5.82. The molecule has 3 heteroatoms. The van der Waals surface area contributed by atoms with Gasteiger partial charge in [-0.15, -0.1) is 0 Å². The fourth-order valence-corrected chi connectivity index (χ4v) is 3.24. The van der Waals surface area contributed by atoms with E-state index in [1.54, 1.807) is 0 Å². The van der Waals surface area contributed by atoms with Crippen LogP contribution in [0.25, 0.3) is 10.9 Å². The smallest absolute Gasteiger partial charge is 0.0456 e. The Labute approximate surface area is 127 Å². The number of H-pyrrole nitrogens is 1. The fraction of sp³-hybridized carbons (Fsp3) is 0.556. The molecule has 0 atom stereocenters. The van der Waals surface area contributed by atoms with Gasteiger partial charge in [-0.3, -0.25) is 0 Å². The molecule has 0 radical (unpaired) electrons. The van der Waals surface area contributed by atoms with Crippen molar-refractivity contribution in [3.63, 3.8) is 0 Å². The lowest BCUT2D eigenvalue weighted by molar-refractivity contribution is 0.152. The third-order valence-electron chi connectivity index (χ3n) is 4.69. The largest absolute Gasteiger partial charge is 0.361 e. The molecule has 3 rings (SSSR count). The van der Waals surface area contributed by atoms with Crippen LogP contribution in [-0.2, 0) is 6.42 Å². The molecule has 0 aliphatic carbocycles. The molecule has 21 heavy (non-hydrogen) atoms. The summed E-state index contributed by atoms with van der Waals surface area (Å²) in [5.74, 6) is 0. The van der Waals surface area contributed by atoms with E-state index in [2.05, 4.69) is 52.3 Å². The third-order valence-corrected chi connectivity index (χ3v) is 4.69. The van der Waals surface area contributed by atoms with Crippen molar-refractivity contribution in [3.05, 3.63) is 36.0 Å². The Morgan fingerprint density at radius 3 is 2.67 bits per heavy atom. The summed E-state index contributed by atoms with van der Waals surface area (Å²) in [6, 6.07) is 8.61. The number of likely N-dealkylation sites (N-methyl/N-ethyl adjacent to an activating group) is 1. The first-order valence-electron chi connectivity index (χ1n) is 8.29. The van der Waals surface area contributed by atoms with Gasteiger partial charge in [0.2, 0.25) is 0 Å². The topological polar surface area (TPSA) is 22.3 Å². The number of nitrogens with zero attached hydrogens (tertiary/aromatic N) is 2. The number of hydrogen-bond acceptors (Lipinski definition) is 2. The average Bonchev–Trinajstić information content (AvgIpc) is 2.92. The van der Waals surface area contributed by atoms with Crippen LogP contribution in [-0.4, -0.2) is 54.6 Å². The molecule has 2 heterocycles. The molecule has 0 bridgehead atoms. The molecule has 0 unspecified atom stereocenters. The van der Waals surface area contributed by atoms with Gasteiger partial charge >= 0.3 is 0 Å². The van der Waals surface area contributed by atoms with Crippen molar-refractivity contribution in [2.24, 2.45) is 0 Å². The van der Waals surface area contributed by atoms with E-state index < -0.39 is 0 Å². The van der Waals surface area contributed by atoms with Crippen LogP contribution in [0.1, 0.15) is 24.8 Å². The van der Waals surface area contributed by atoms with Gasteiger partial charge < -0.3 is 14.8 Å². The van der Waals surface area contributed by atoms with Crippen LogP contribution < -0.4 is 0 Å². The molecule has 1 aliphatic heterocycles. The van der Waals surface area contributed by atoms with E-state index in [-0.39, 0.29) is 0 Å². The molecule has 0 spiro atoms. The molecule has 0 amide bonds. The van der Waals surface area contributed by atoms with Crippen LogP contribution in [0.5, 0.6) is 0 Å². The van der Waals surface area contributed by atoms with E-state index in [0.29, 0.717) is 0 Å². The lowest BCUT2D eigenvalue weighted by Gasteiger charge is -2.32. The molecular formula is C18H27N3. The first kappa shape index (κ1) is 14.6. The predicted octanol–water partition coefficient (Wildman–Crippen LogP) is 3.13. The van der Waals surface area contributed by atoms with E-state index in [1.165, 1.54) is 74.9 Å². The van der Waals surface area contributed by atoms with Gasteiger partial charge in [0.15, 0.2) is 0 Å². The minimum Gasteiger partial charge on any atom is -0.361 e. The summed E-state index contributed by atoms with van der Waals surface area (Å²) in [5.41, 5.74) is 2.75. The zero-order valence-corrected chi connectivity index (χ0v) is 13.1. The van der Waals surface area contributed by atoms with E-state index in [1.807, 2.05) is 0 Å². The van der Waals surface area contributed by atoms with Crippen molar-refractivity contribution < 1.29 is 0 Å². The Hall–Kier alpha value is -1.32. The van der Waals surface area contributed by atoms with Crippen LogP contribution >= 0.6 is 0 Å². The zero-order chi connectivity index (χ0) is 14.5. The number of piperazine rings is 1. The molecule has 1 fully saturated rings. The number of aryl methyl sites for hydroxylation is 1. The Kier molecular flexibility index (Phi) is 4.94. The molecule has 1 N–H and O–H groups in total. The van der Waals surface area contributed by atoms with Gasteiger partial charge in [0.25, 0.3) is 0 Å². The summed E-state index contributed by atoms with van der Waals surface area (Å²) in [6.07, 6.45) is 7.37. The fourth-order valence-electron chi connectivity index (χ4n) is 3.24. The van der Waals surface area contributed by atoms with Gasteiger partial charge in [-0.05, 0) is 44.5 Å². The summed E-state index contributed by atoms with van der Waals surface area (Å²) in [4.78, 5) is 8.41. The monoisotopic (exact) mass is 285 g/mol. The normalized spacial score (nSPS) is 17.6. The van der Waals surface area contributed by atoms with Gasteiger partial charge in [0, 0.05) is 43.3 Å². The Balaban J connectivity index is 1.37. The summed E-state index contributed by atoms with van der Waals surface area (Å²) < 4.78 is 0. The second-order valence-electron chi connectivity index (χ2n) is 6.32. The Morgan fingerprint density at radius 1 is 1.00 bits per heavy atom. The van der Waals surface area contributed by atoms with Gasteiger partial charge in [0.1, 0.15) is 0 Å². The van der Waals surface area contributed by atoms with Crippen molar-refractivity contribution in [1.29, 1.82) is 0 Å². The van der Waals surface area contributed by atoms with E-state index in [4.69, 9.17) is 0 Å². The summed E-state index contributed by atoms with van der Waals surface area (Å²) in [7, 11) is 2.22. The summed E-state index contributed by atoms with van der Waals surface area (Å²) in [6.45, 7) is 6.24. The van der Waals surface area contributed by atoms with E-state index in [9.17, 15) is 0 Å². The van der Waals surface area contributed by atoms with Gasteiger partial charge in [0.05, 0.1) is 0 Å². The molecule has 1 aromatic carbocycles. The van der Waals surface area contributed by atoms with Gasteiger partial charge in [-0.1, -0.05) is 24.6 Å². The van der Waals surface area contributed by atoms with Crippen molar-refractivity contribution >= 4 is 10.9 Å². The van der Waals surface area contributed by atoms with Gasteiger partial charge in [-0.2, -0.15) is 0 Å². The average molecular weight is 285 g/mol. The Morgan fingerprint density at radius 2 is 1.81 bits per heavy atom. The number of rotatable bonds is 6. The molecule has 0 saturated carbocycles. The first-order chi connectivity index (χ1) is 10.3. The maximum Gasteiger partial charge on any atom is 0.0456 e. The second-order valence-corrected chi connectivity index (χ2v) is 6.32. The quantitative estimate of drug-likeness (QED) is 0.824. The zero-order valence-electron chi connectivity index (χ0n) is 13.1. The van der Waals surface area contributed by atoms with E-state index in [0.717, 1.165) is 0 Å². The number of aromatic amines is 1. The van der Waals surface area contributed by atoms with Crippen LogP contribution in [0, 0.1) is 0 Å². The van der Waals surface area contributed by atoms with Crippen molar-refractivity contribution in [3.8, 4) is 0 Å². The van der Waals surface area contributed by atoms with Crippen molar-refractivity contribution in [2.45, 2.75) is 25.7 Å². The lowest BCUT2D eigenvalue weighted by Crippen LogP contribution is -2.44. The maximum atomic E-state index is 3.37. The number of para-hydroxylation sites is 1. The van der Waals surface area contributed by atoms with Crippen molar-refractivity contribution in [1.82, 2.24) is 14.8 Å². The number of unbranched alkanes of at least 4 members (excludes halogenated alkanes) is 2. The molecule has 1 aromatic heterocycles. The number of aromatic nitrogens is 1. The SMILES string of the molecule is CN1CCN(CCCCCc2c[nH]c3ccccc23)CC1. The molecule has 1 saturated heterocycles. The molecule has 3 nitrogen and oxygen atoms in total. The molecule has 114 valence electrons.